The average Bonchev–Trinajstić information content (AvgIpc) is 2.72. The number of benzene rings is 3. The van der Waals surface area contributed by atoms with E-state index in [0.29, 0.717) is 16.6 Å². The number of para-hydroxylation sites is 1. The fraction of sp³-hybridized carbons (Fsp3) is 0.379. The smallest absolute Gasteiger partial charge is 0.748 e. The Hall–Kier alpha value is -1.74. The number of nitrogens with two attached hydrogens (primary N) is 1. The number of rotatable bonds is 3. The van der Waals surface area contributed by atoms with E-state index in [9.17, 15) is 0 Å². The largest absolute Gasteiger partial charge is 2.00 e. The summed E-state index contributed by atoms with van der Waals surface area (Å²) in [5.41, 5.74) is 9.99. The second-order valence-corrected chi connectivity index (χ2v) is 15.9. The summed E-state index contributed by atoms with van der Waals surface area (Å²) in [7, 11) is 0.0726. The molecule has 3 aromatic carbocycles. The first-order valence-corrected chi connectivity index (χ1v) is 14.9. The zero-order chi connectivity index (χ0) is 27.7. The maximum Gasteiger partial charge on any atom is 2.00 e. The molecule has 8 heteroatoms. The summed E-state index contributed by atoms with van der Waals surface area (Å²) < 4.78 is 27.2. The van der Waals surface area contributed by atoms with E-state index in [1.165, 1.54) is 11.0 Å². The third kappa shape index (κ3) is 13.6. The number of hydrogen-bond acceptors (Lipinski definition) is 5. The average molecular weight is 635 g/mol. The van der Waals surface area contributed by atoms with Crippen molar-refractivity contribution in [3.05, 3.63) is 78.9 Å². The Morgan fingerprint density at radius 1 is 0.838 bits per heavy atom. The van der Waals surface area contributed by atoms with E-state index in [2.05, 4.69) is 90.9 Å². The van der Waals surface area contributed by atoms with Crippen LogP contribution in [0.5, 0.6) is 0 Å². The van der Waals surface area contributed by atoms with Gasteiger partial charge in [0.25, 0.3) is 0 Å². The van der Waals surface area contributed by atoms with Gasteiger partial charge >= 0.3 is 20.4 Å². The Morgan fingerprint density at radius 3 is 1.68 bits per heavy atom. The van der Waals surface area contributed by atoms with E-state index in [4.69, 9.17) is 18.7 Å². The van der Waals surface area contributed by atoms with Gasteiger partial charge in [-0.3, -0.25) is 0 Å². The zero-order valence-corrected chi connectivity index (χ0v) is 26.6. The summed E-state index contributed by atoms with van der Waals surface area (Å²) >= 11 is 0. The Morgan fingerprint density at radius 2 is 1.30 bits per heavy atom. The van der Waals surface area contributed by atoms with E-state index in [0.717, 1.165) is 16.8 Å². The van der Waals surface area contributed by atoms with Crippen LogP contribution in [-0.4, -0.2) is 43.6 Å². The first kappa shape index (κ1) is 35.3. The maximum atomic E-state index is 9.08. The van der Waals surface area contributed by atoms with Crippen molar-refractivity contribution in [2.24, 2.45) is 0 Å². The molecule has 0 spiro atoms. The molecule has 0 atom stereocenters. The second-order valence-electron chi connectivity index (χ2n) is 10.7. The topological polar surface area (TPSA) is 86.5 Å². The van der Waals surface area contributed by atoms with Crippen molar-refractivity contribution in [3.63, 3.8) is 0 Å². The minimum absolute atomic E-state index is 0. The first-order chi connectivity index (χ1) is 16.4. The molecular formula is C29H41N2O3PPdS. The molecule has 0 saturated carbocycles. The Balaban J connectivity index is 0.000000596. The molecule has 0 amide bonds. The Kier molecular flexibility index (Phi) is 14.3. The van der Waals surface area contributed by atoms with Crippen molar-refractivity contribution in [1.29, 1.82) is 0 Å². The molecule has 0 aliphatic carbocycles. The SMILES string of the molecule is CN(C)c1ccc(P(C(C)(C)C)C(C)(C)C)cc1.CS(=O)(=O)[O-].Nc1ccccc1-c1[c-]cccc1.[Pd+2]. The molecule has 0 fully saturated rings. The molecule has 0 aromatic heterocycles. The van der Waals surface area contributed by atoms with E-state index in [1.54, 1.807) is 0 Å². The van der Waals surface area contributed by atoms with Crippen LogP contribution in [0.1, 0.15) is 41.5 Å². The molecule has 0 aliphatic rings. The molecule has 206 valence electrons. The van der Waals surface area contributed by atoms with Crippen LogP contribution < -0.4 is 15.9 Å². The second kappa shape index (κ2) is 15.0. The molecule has 0 unspecified atom stereocenters. The number of nitrogens with zero attached hydrogens (tertiary/aromatic N) is 1. The molecule has 3 aromatic rings. The summed E-state index contributed by atoms with van der Waals surface area (Å²) in [5.74, 6) is 0. The van der Waals surface area contributed by atoms with Crippen LogP contribution in [0.15, 0.2) is 72.8 Å². The maximum absolute atomic E-state index is 9.08. The van der Waals surface area contributed by atoms with Gasteiger partial charge in [-0.15, -0.1) is 35.9 Å². The predicted octanol–water partition coefficient (Wildman–Crippen LogP) is 6.35. The quantitative estimate of drug-likeness (QED) is 0.119. The normalized spacial score (nSPS) is 11.3. The van der Waals surface area contributed by atoms with Gasteiger partial charge in [-0.2, -0.15) is 0 Å². The number of anilines is 2. The van der Waals surface area contributed by atoms with Gasteiger partial charge in [0.2, 0.25) is 0 Å². The molecule has 0 aliphatic heterocycles. The van der Waals surface area contributed by atoms with E-state index < -0.39 is 10.1 Å². The van der Waals surface area contributed by atoms with Crippen LogP contribution in [0, 0.1) is 6.07 Å². The van der Waals surface area contributed by atoms with Gasteiger partial charge in [0, 0.05) is 26.0 Å². The monoisotopic (exact) mass is 634 g/mol. The summed E-state index contributed by atoms with van der Waals surface area (Å²) in [4.78, 5) is 2.15. The van der Waals surface area contributed by atoms with Crippen LogP contribution >= 0.6 is 7.92 Å². The number of hydrogen-bond donors (Lipinski definition) is 1. The predicted molar refractivity (Wildman–Crippen MR) is 158 cm³/mol. The van der Waals surface area contributed by atoms with Crippen molar-refractivity contribution >= 4 is 34.7 Å². The van der Waals surface area contributed by atoms with Gasteiger partial charge in [0.05, 0.1) is 10.1 Å². The third-order valence-electron chi connectivity index (χ3n) is 4.93. The molecule has 0 bridgehead atoms. The molecule has 37 heavy (non-hydrogen) atoms. The molecule has 2 N–H and O–H groups in total. The van der Waals surface area contributed by atoms with Crippen LogP contribution in [0.4, 0.5) is 11.4 Å². The molecule has 0 radical (unpaired) electrons. The van der Waals surface area contributed by atoms with Gasteiger partial charge in [0.15, 0.2) is 0 Å². The van der Waals surface area contributed by atoms with Crippen LogP contribution in [0.3, 0.4) is 0 Å². The standard InChI is InChI=1S/C16H28NP.C12H10N.CH4O3S.Pd/c1-15(2,3)18(16(4,5)6)14-11-9-13(10-12-14)17(7)8;13-12-9-5-4-8-11(12)10-6-2-1-3-7-10;1-5(2,3)4;/h9-12H,1-8H3;1-6,8-9H,13H2;1H3,(H,2,3,4);/q;-1;;+2/p-1. The van der Waals surface area contributed by atoms with Gasteiger partial charge in [-0.05, 0) is 39.5 Å². The van der Waals surface area contributed by atoms with Crippen molar-refractivity contribution < 1.29 is 33.4 Å². The van der Waals surface area contributed by atoms with Gasteiger partial charge in [-0.25, -0.2) is 8.42 Å². The van der Waals surface area contributed by atoms with Gasteiger partial charge in [0.1, 0.15) is 0 Å². The van der Waals surface area contributed by atoms with Crippen molar-refractivity contribution in [2.75, 3.05) is 31.0 Å². The Bertz CT molecular complexity index is 1150. The molecule has 0 heterocycles. The molecule has 0 saturated heterocycles. The van der Waals surface area contributed by atoms with Crippen LogP contribution in [0.25, 0.3) is 11.1 Å². The third-order valence-corrected chi connectivity index (χ3v) is 8.42. The molecule has 3 rings (SSSR count). The summed E-state index contributed by atoms with van der Waals surface area (Å²) in [6.45, 7) is 14.2. The molecular weight excluding hydrogens is 594 g/mol. The minimum Gasteiger partial charge on any atom is -0.748 e. The molecule has 5 nitrogen and oxygen atoms in total. The van der Waals surface area contributed by atoms with Crippen LogP contribution in [0.2, 0.25) is 0 Å². The van der Waals surface area contributed by atoms with E-state index >= 15 is 0 Å². The van der Waals surface area contributed by atoms with Crippen molar-refractivity contribution in [1.82, 2.24) is 0 Å². The van der Waals surface area contributed by atoms with Gasteiger partial charge in [-0.1, -0.05) is 85.4 Å². The zero-order valence-electron chi connectivity index (χ0n) is 23.3. The minimum atomic E-state index is -3.92. The first-order valence-electron chi connectivity index (χ1n) is 11.7. The summed E-state index contributed by atoms with van der Waals surface area (Å²) in [5, 5.41) is 2.19. The summed E-state index contributed by atoms with van der Waals surface area (Å²) in [6.07, 6.45) is 0.604. The van der Waals surface area contributed by atoms with E-state index in [-0.39, 0.29) is 28.3 Å². The fourth-order valence-electron chi connectivity index (χ4n) is 3.98. The van der Waals surface area contributed by atoms with Gasteiger partial charge < -0.3 is 15.2 Å². The fourth-order valence-corrected chi connectivity index (χ4v) is 7.99. The van der Waals surface area contributed by atoms with Crippen molar-refractivity contribution in [2.45, 2.75) is 51.9 Å². The Labute approximate surface area is 240 Å². The van der Waals surface area contributed by atoms with E-state index in [1.807, 2.05) is 48.5 Å². The van der Waals surface area contributed by atoms with Crippen molar-refractivity contribution in [3.8, 4) is 11.1 Å². The van der Waals surface area contributed by atoms with Crippen LogP contribution in [-0.2, 0) is 30.5 Å². The summed E-state index contributed by atoms with van der Waals surface area (Å²) in [6, 6.07) is 27.9. The number of nitrogen functional groups attached to an aromatic ring is 1.